The lowest BCUT2D eigenvalue weighted by atomic mass is 10.0. The predicted molar refractivity (Wildman–Crippen MR) is 72.2 cm³/mol. The van der Waals surface area contributed by atoms with Crippen LogP contribution in [-0.2, 0) is 6.54 Å². The Balaban J connectivity index is 1.95. The Labute approximate surface area is 118 Å². The second-order valence-electron chi connectivity index (χ2n) is 4.27. The minimum Gasteiger partial charge on any atom is -0.454 e. The molecule has 1 N–H and O–H groups in total. The van der Waals surface area contributed by atoms with Gasteiger partial charge in [0, 0.05) is 18.3 Å². The van der Waals surface area contributed by atoms with E-state index in [4.69, 9.17) is 9.47 Å². The van der Waals surface area contributed by atoms with Crippen LogP contribution in [0, 0.1) is 0 Å². The SMILES string of the molecule is CCn1cc(C(O)c2cc(Br)c3c(c2)OCO3)cn1. The van der Waals surface area contributed by atoms with Gasteiger partial charge in [0.25, 0.3) is 0 Å². The van der Waals surface area contributed by atoms with Gasteiger partial charge in [-0.1, -0.05) is 0 Å². The molecule has 0 radical (unpaired) electrons. The number of ether oxygens (including phenoxy) is 2. The minimum atomic E-state index is -0.730. The first-order chi connectivity index (χ1) is 9.19. The minimum absolute atomic E-state index is 0.210. The van der Waals surface area contributed by atoms with E-state index >= 15 is 0 Å². The van der Waals surface area contributed by atoms with Crippen molar-refractivity contribution in [2.24, 2.45) is 0 Å². The number of hydrogen-bond acceptors (Lipinski definition) is 4. The highest BCUT2D eigenvalue weighted by Gasteiger charge is 2.21. The van der Waals surface area contributed by atoms with Gasteiger partial charge in [-0.3, -0.25) is 4.68 Å². The Morgan fingerprint density at radius 1 is 1.42 bits per heavy atom. The first-order valence-electron chi connectivity index (χ1n) is 5.98. The maximum absolute atomic E-state index is 10.4. The number of aliphatic hydroxyl groups is 1. The van der Waals surface area contributed by atoms with Crippen molar-refractivity contribution in [2.75, 3.05) is 6.79 Å². The first-order valence-corrected chi connectivity index (χ1v) is 6.77. The van der Waals surface area contributed by atoms with E-state index < -0.39 is 6.10 Å². The number of aryl methyl sites for hydroxylation is 1. The lowest BCUT2D eigenvalue weighted by Crippen LogP contribution is -1.99. The molecule has 0 spiro atoms. The van der Waals surface area contributed by atoms with Crippen molar-refractivity contribution in [3.05, 3.63) is 40.1 Å². The summed E-state index contributed by atoms with van der Waals surface area (Å²) < 4.78 is 13.2. The molecule has 0 bridgehead atoms. The maximum atomic E-state index is 10.4. The van der Waals surface area contributed by atoms with Crippen LogP contribution in [0.15, 0.2) is 29.0 Å². The van der Waals surface area contributed by atoms with Gasteiger partial charge in [0.2, 0.25) is 6.79 Å². The molecular formula is C13H13BrN2O3. The van der Waals surface area contributed by atoms with Crippen molar-refractivity contribution in [1.82, 2.24) is 9.78 Å². The molecule has 3 rings (SSSR count). The van der Waals surface area contributed by atoms with Crippen LogP contribution in [0.25, 0.3) is 0 Å². The summed E-state index contributed by atoms with van der Waals surface area (Å²) in [7, 11) is 0. The maximum Gasteiger partial charge on any atom is 0.231 e. The summed E-state index contributed by atoms with van der Waals surface area (Å²) in [5.74, 6) is 1.33. The normalized spacial score (nSPS) is 14.7. The van der Waals surface area contributed by atoms with Crippen LogP contribution in [0.5, 0.6) is 11.5 Å². The smallest absolute Gasteiger partial charge is 0.231 e. The molecule has 2 aromatic rings. The van der Waals surface area contributed by atoms with E-state index in [1.54, 1.807) is 16.9 Å². The van der Waals surface area contributed by atoms with Gasteiger partial charge in [-0.25, -0.2) is 0 Å². The van der Waals surface area contributed by atoms with Crippen molar-refractivity contribution in [3.63, 3.8) is 0 Å². The lowest BCUT2D eigenvalue weighted by molar-refractivity contribution is 0.173. The van der Waals surface area contributed by atoms with Crippen LogP contribution in [0.4, 0.5) is 0 Å². The number of halogens is 1. The van der Waals surface area contributed by atoms with E-state index in [0.717, 1.165) is 22.1 Å². The predicted octanol–water partition coefficient (Wildman–Crippen LogP) is 2.48. The van der Waals surface area contributed by atoms with Crippen LogP contribution in [0.1, 0.15) is 24.2 Å². The molecule has 1 aliphatic heterocycles. The molecule has 0 amide bonds. The Hall–Kier alpha value is -1.53. The van der Waals surface area contributed by atoms with Crippen molar-refractivity contribution in [1.29, 1.82) is 0 Å². The topological polar surface area (TPSA) is 56.5 Å². The summed E-state index contributed by atoms with van der Waals surface area (Å²) >= 11 is 3.42. The van der Waals surface area contributed by atoms with Crippen molar-refractivity contribution in [3.8, 4) is 11.5 Å². The highest BCUT2D eigenvalue weighted by atomic mass is 79.9. The molecule has 1 aromatic carbocycles. The zero-order valence-corrected chi connectivity index (χ0v) is 11.9. The summed E-state index contributed by atoms with van der Waals surface area (Å²) in [6, 6.07) is 3.63. The van der Waals surface area contributed by atoms with Crippen LogP contribution in [0.3, 0.4) is 0 Å². The Bertz CT molecular complexity index is 612. The second kappa shape index (κ2) is 4.86. The van der Waals surface area contributed by atoms with E-state index in [2.05, 4.69) is 21.0 Å². The molecule has 19 heavy (non-hydrogen) atoms. The van der Waals surface area contributed by atoms with E-state index in [9.17, 15) is 5.11 Å². The van der Waals surface area contributed by atoms with E-state index in [0.29, 0.717) is 11.5 Å². The van der Waals surface area contributed by atoms with Crippen LogP contribution >= 0.6 is 15.9 Å². The molecule has 100 valence electrons. The van der Waals surface area contributed by atoms with Gasteiger partial charge >= 0.3 is 0 Å². The third kappa shape index (κ3) is 2.21. The second-order valence-corrected chi connectivity index (χ2v) is 5.12. The van der Waals surface area contributed by atoms with Gasteiger partial charge in [-0.2, -0.15) is 5.10 Å². The van der Waals surface area contributed by atoms with Crippen LogP contribution in [0.2, 0.25) is 0 Å². The van der Waals surface area contributed by atoms with Gasteiger partial charge in [0.15, 0.2) is 11.5 Å². The van der Waals surface area contributed by atoms with E-state index in [1.807, 2.05) is 19.2 Å². The average Bonchev–Trinajstić information content (AvgIpc) is 3.06. The number of benzene rings is 1. The zero-order valence-electron chi connectivity index (χ0n) is 10.3. The lowest BCUT2D eigenvalue weighted by Gasteiger charge is -2.10. The highest BCUT2D eigenvalue weighted by Crippen LogP contribution is 2.41. The third-order valence-electron chi connectivity index (χ3n) is 3.06. The molecule has 1 atom stereocenters. The molecule has 5 nitrogen and oxygen atoms in total. The van der Waals surface area contributed by atoms with Crippen LogP contribution < -0.4 is 9.47 Å². The summed E-state index contributed by atoms with van der Waals surface area (Å²) in [6.07, 6.45) is 2.78. The molecule has 0 saturated carbocycles. The van der Waals surface area contributed by atoms with Crippen molar-refractivity contribution in [2.45, 2.75) is 19.6 Å². The fourth-order valence-electron chi connectivity index (χ4n) is 2.03. The summed E-state index contributed by atoms with van der Waals surface area (Å²) in [4.78, 5) is 0. The molecule has 6 heteroatoms. The largest absolute Gasteiger partial charge is 0.454 e. The fraction of sp³-hybridized carbons (Fsp3) is 0.308. The summed E-state index contributed by atoms with van der Waals surface area (Å²) in [5, 5.41) is 14.6. The number of aliphatic hydroxyl groups excluding tert-OH is 1. The molecule has 1 unspecified atom stereocenters. The molecule has 1 aromatic heterocycles. The Morgan fingerprint density at radius 2 is 2.26 bits per heavy atom. The van der Waals surface area contributed by atoms with Gasteiger partial charge in [-0.05, 0) is 40.5 Å². The number of rotatable bonds is 3. The molecule has 0 aliphatic carbocycles. The molecular weight excluding hydrogens is 312 g/mol. The standard InChI is InChI=1S/C13H13BrN2O3/c1-2-16-6-9(5-15-16)12(17)8-3-10(14)13-11(4-8)18-7-19-13/h3-6,12,17H,2,7H2,1H3. The number of aromatic nitrogens is 2. The highest BCUT2D eigenvalue weighted by molar-refractivity contribution is 9.10. The molecule has 2 heterocycles. The number of fused-ring (bicyclic) bond motifs is 1. The van der Waals surface area contributed by atoms with Crippen molar-refractivity contribution >= 4 is 15.9 Å². The van der Waals surface area contributed by atoms with Crippen LogP contribution in [-0.4, -0.2) is 21.7 Å². The third-order valence-corrected chi connectivity index (χ3v) is 3.65. The summed E-state index contributed by atoms with van der Waals surface area (Å²) in [6.45, 7) is 2.99. The Morgan fingerprint density at radius 3 is 3.00 bits per heavy atom. The number of hydrogen-bond donors (Lipinski definition) is 1. The quantitative estimate of drug-likeness (QED) is 0.942. The van der Waals surface area contributed by atoms with Gasteiger partial charge in [0.1, 0.15) is 6.10 Å². The first kappa shape index (κ1) is 12.5. The van der Waals surface area contributed by atoms with Gasteiger partial charge in [-0.15, -0.1) is 0 Å². The summed E-state index contributed by atoms with van der Waals surface area (Å²) in [5.41, 5.74) is 1.50. The van der Waals surface area contributed by atoms with Crippen molar-refractivity contribution < 1.29 is 14.6 Å². The van der Waals surface area contributed by atoms with Gasteiger partial charge < -0.3 is 14.6 Å². The zero-order chi connectivity index (χ0) is 13.4. The van der Waals surface area contributed by atoms with E-state index in [-0.39, 0.29) is 6.79 Å². The average molecular weight is 325 g/mol. The fourth-order valence-corrected chi connectivity index (χ4v) is 2.61. The van der Waals surface area contributed by atoms with E-state index in [1.165, 1.54) is 0 Å². The molecule has 0 saturated heterocycles. The molecule has 0 fully saturated rings. The Kier molecular flexibility index (Phi) is 3.20. The molecule has 1 aliphatic rings. The monoisotopic (exact) mass is 324 g/mol. The number of nitrogens with zero attached hydrogens (tertiary/aromatic N) is 2. The van der Waals surface area contributed by atoms with Gasteiger partial charge in [0.05, 0.1) is 10.7 Å².